The maximum absolute atomic E-state index is 6.03. The van der Waals surface area contributed by atoms with Crippen molar-refractivity contribution in [2.24, 2.45) is 5.73 Å². The Morgan fingerprint density at radius 3 is 3.00 bits per heavy atom. The van der Waals surface area contributed by atoms with Crippen LogP contribution < -0.4 is 5.73 Å². The Morgan fingerprint density at radius 2 is 2.19 bits per heavy atom. The third kappa shape index (κ3) is 1.41. The van der Waals surface area contributed by atoms with Gasteiger partial charge in [-0.3, -0.25) is 4.98 Å². The molecule has 0 saturated heterocycles. The Kier molecular flexibility index (Phi) is 2.34. The van der Waals surface area contributed by atoms with Crippen molar-refractivity contribution < 1.29 is 0 Å². The van der Waals surface area contributed by atoms with Crippen molar-refractivity contribution in [1.29, 1.82) is 0 Å². The molecule has 0 radical (unpaired) electrons. The first-order valence-electron chi connectivity index (χ1n) is 5.59. The zero-order chi connectivity index (χ0) is 11.1. The third-order valence-corrected chi connectivity index (χ3v) is 3.53. The first kappa shape index (κ1) is 10.1. The third-order valence-electron chi connectivity index (χ3n) is 3.30. The van der Waals surface area contributed by atoms with E-state index >= 15 is 0 Å². The predicted molar refractivity (Wildman–Crippen MR) is 66.7 cm³/mol. The van der Waals surface area contributed by atoms with Crippen molar-refractivity contribution in [3.8, 4) is 0 Å². The molecule has 16 heavy (non-hydrogen) atoms. The van der Waals surface area contributed by atoms with Gasteiger partial charge in [0.2, 0.25) is 0 Å². The molecular weight excluding hydrogens is 220 g/mol. The molecule has 0 aliphatic heterocycles. The normalized spacial score (nSPS) is 14.4. The van der Waals surface area contributed by atoms with Gasteiger partial charge in [-0.05, 0) is 48.6 Å². The summed E-state index contributed by atoms with van der Waals surface area (Å²) in [4.78, 5) is 4.69. The fraction of sp³-hybridized carbons (Fsp3) is 0.308. The molecule has 1 aromatic carbocycles. The van der Waals surface area contributed by atoms with Gasteiger partial charge >= 0.3 is 0 Å². The van der Waals surface area contributed by atoms with Crippen LogP contribution in [0.1, 0.15) is 23.2 Å². The van der Waals surface area contributed by atoms with Crippen LogP contribution >= 0.6 is 11.6 Å². The molecule has 2 aromatic rings. The lowest BCUT2D eigenvalue weighted by Crippen LogP contribution is -2.04. The molecule has 1 aliphatic rings. The van der Waals surface area contributed by atoms with Crippen molar-refractivity contribution in [2.45, 2.75) is 25.8 Å². The summed E-state index contributed by atoms with van der Waals surface area (Å²) in [6, 6.07) is 5.85. The zero-order valence-electron chi connectivity index (χ0n) is 8.96. The number of benzene rings is 1. The zero-order valence-corrected chi connectivity index (χ0v) is 9.72. The second-order valence-electron chi connectivity index (χ2n) is 4.23. The molecule has 3 rings (SSSR count). The minimum Gasteiger partial charge on any atom is -0.326 e. The lowest BCUT2D eigenvalue weighted by atomic mass is 10.0. The van der Waals surface area contributed by atoms with Crippen molar-refractivity contribution in [3.63, 3.8) is 0 Å². The predicted octanol–water partition coefficient (Wildman–Crippen LogP) is 2.84. The van der Waals surface area contributed by atoms with Crippen LogP contribution in [0.3, 0.4) is 0 Å². The summed E-state index contributed by atoms with van der Waals surface area (Å²) < 4.78 is 0. The monoisotopic (exact) mass is 232 g/mol. The number of aryl methyl sites for hydroxylation is 1. The molecule has 0 amide bonds. The average Bonchev–Trinajstić information content (AvgIpc) is 2.73. The maximum Gasteiger partial charge on any atom is 0.0709 e. The van der Waals surface area contributed by atoms with Crippen LogP contribution in [0.2, 0.25) is 5.02 Å². The largest absolute Gasteiger partial charge is 0.326 e. The van der Waals surface area contributed by atoms with Gasteiger partial charge in [-0.2, -0.15) is 0 Å². The van der Waals surface area contributed by atoms with Gasteiger partial charge < -0.3 is 5.73 Å². The Hall–Kier alpha value is -1.12. The number of aromatic nitrogens is 1. The van der Waals surface area contributed by atoms with Gasteiger partial charge in [0.15, 0.2) is 0 Å². The quantitative estimate of drug-likeness (QED) is 0.821. The summed E-state index contributed by atoms with van der Waals surface area (Å²) in [7, 11) is 0. The number of nitrogens with zero attached hydrogens (tertiary/aromatic N) is 1. The molecule has 3 heteroatoms. The number of pyridine rings is 1. The van der Waals surface area contributed by atoms with Crippen LogP contribution in [0, 0.1) is 0 Å². The molecule has 2 N–H and O–H groups in total. The average molecular weight is 233 g/mol. The number of halogens is 1. The van der Waals surface area contributed by atoms with Crippen LogP contribution in [-0.4, -0.2) is 4.98 Å². The lowest BCUT2D eigenvalue weighted by molar-refractivity contribution is 0.896. The Labute approximate surface area is 99.4 Å². The molecule has 82 valence electrons. The molecule has 0 atom stereocenters. The van der Waals surface area contributed by atoms with E-state index in [4.69, 9.17) is 22.3 Å². The highest BCUT2D eigenvalue weighted by atomic mass is 35.5. The molecule has 1 aromatic heterocycles. The molecule has 1 aliphatic carbocycles. The van der Waals surface area contributed by atoms with Crippen molar-refractivity contribution in [1.82, 2.24) is 4.98 Å². The molecular formula is C13H13ClN2. The molecule has 0 bridgehead atoms. The fourth-order valence-electron chi connectivity index (χ4n) is 2.56. The van der Waals surface area contributed by atoms with E-state index in [1.54, 1.807) is 0 Å². The standard InChI is InChI=1S/C13H13ClN2/c14-8-4-5-13-10(6-8)11(7-15)9-2-1-3-12(9)16-13/h4-6H,1-3,7,15H2. The van der Waals surface area contributed by atoms with Gasteiger partial charge in [0, 0.05) is 22.6 Å². The fourth-order valence-corrected chi connectivity index (χ4v) is 2.74. The molecule has 0 fully saturated rings. The smallest absolute Gasteiger partial charge is 0.0709 e. The highest BCUT2D eigenvalue weighted by Crippen LogP contribution is 2.30. The topological polar surface area (TPSA) is 38.9 Å². The molecule has 1 heterocycles. The van der Waals surface area contributed by atoms with E-state index < -0.39 is 0 Å². The number of hydrogen-bond acceptors (Lipinski definition) is 2. The summed E-state index contributed by atoms with van der Waals surface area (Å²) in [5.41, 5.74) is 10.7. The van der Waals surface area contributed by atoms with E-state index in [2.05, 4.69) is 0 Å². The van der Waals surface area contributed by atoms with E-state index in [0.717, 1.165) is 28.8 Å². The number of hydrogen-bond donors (Lipinski definition) is 1. The highest BCUT2D eigenvalue weighted by molar-refractivity contribution is 6.31. The Bertz CT molecular complexity index is 563. The van der Waals surface area contributed by atoms with E-state index in [1.165, 1.54) is 23.2 Å². The van der Waals surface area contributed by atoms with Crippen molar-refractivity contribution >= 4 is 22.5 Å². The molecule has 2 nitrogen and oxygen atoms in total. The first-order chi connectivity index (χ1) is 7.79. The van der Waals surface area contributed by atoms with E-state index in [0.29, 0.717) is 6.54 Å². The van der Waals surface area contributed by atoms with Gasteiger partial charge in [-0.25, -0.2) is 0 Å². The van der Waals surface area contributed by atoms with E-state index in [9.17, 15) is 0 Å². The minimum absolute atomic E-state index is 0.571. The van der Waals surface area contributed by atoms with Crippen molar-refractivity contribution in [2.75, 3.05) is 0 Å². The molecule has 0 saturated carbocycles. The maximum atomic E-state index is 6.03. The highest BCUT2D eigenvalue weighted by Gasteiger charge is 2.18. The molecule has 0 unspecified atom stereocenters. The summed E-state index contributed by atoms with van der Waals surface area (Å²) in [5.74, 6) is 0. The van der Waals surface area contributed by atoms with Crippen LogP contribution in [0.25, 0.3) is 10.9 Å². The summed E-state index contributed by atoms with van der Waals surface area (Å²) in [6.07, 6.45) is 3.39. The van der Waals surface area contributed by atoms with Crippen LogP contribution in [0.4, 0.5) is 0 Å². The number of fused-ring (bicyclic) bond motifs is 2. The first-order valence-corrected chi connectivity index (χ1v) is 5.97. The SMILES string of the molecule is NCc1c2c(nc3ccc(Cl)cc13)CCC2. The van der Waals surface area contributed by atoms with E-state index in [-0.39, 0.29) is 0 Å². The van der Waals surface area contributed by atoms with Crippen molar-refractivity contribution in [3.05, 3.63) is 40.0 Å². The Morgan fingerprint density at radius 1 is 1.31 bits per heavy atom. The summed E-state index contributed by atoms with van der Waals surface area (Å²) in [6.45, 7) is 0.571. The van der Waals surface area contributed by atoms with Gasteiger partial charge in [0.1, 0.15) is 0 Å². The number of rotatable bonds is 1. The van der Waals surface area contributed by atoms with E-state index in [1.807, 2.05) is 18.2 Å². The summed E-state index contributed by atoms with van der Waals surface area (Å²) >= 11 is 6.03. The molecule has 0 spiro atoms. The van der Waals surface area contributed by atoms with Crippen LogP contribution in [-0.2, 0) is 19.4 Å². The minimum atomic E-state index is 0.571. The second-order valence-corrected chi connectivity index (χ2v) is 4.67. The van der Waals surface area contributed by atoms with Crippen LogP contribution in [0.5, 0.6) is 0 Å². The van der Waals surface area contributed by atoms with Crippen LogP contribution in [0.15, 0.2) is 18.2 Å². The van der Waals surface area contributed by atoms with Gasteiger partial charge in [0.25, 0.3) is 0 Å². The second kappa shape index (κ2) is 3.72. The summed E-state index contributed by atoms with van der Waals surface area (Å²) in [5, 5.41) is 1.87. The Balaban J connectivity index is 2.40. The number of nitrogens with two attached hydrogens (primary N) is 1. The van der Waals surface area contributed by atoms with Gasteiger partial charge in [-0.15, -0.1) is 0 Å². The van der Waals surface area contributed by atoms with Gasteiger partial charge in [-0.1, -0.05) is 11.6 Å². The van der Waals surface area contributed by atoms with Gasteiger partial charge in [0.05, 0.1) is 5.52 Å². The lowest BCUT2D eigenvalue weighted by Gasteiger charge is -2.10.